The van der Waals surface area contributed by atoms with Crippen LogP contribution in [0.4, 0.5) is 22.7 Å². The van der Waals surface area contributed by atoms with Crippen molar-refractivity contribution in [2.24, 2.45) is 0 Å². The number of rotatable bonds is 6. The van der Waals surface area contributed by atoms with E-state index < -0.39 is 0 Å². The molecule has 2 aromatic rings. The highest BCUT2D eigenvalue weighted by molar-refractivity contribution is 6.17. The van der Waals surface area contributed by atoms with Crippen molar-refractivity contribution in [3.05, 3.63) is 48.5 Å². The minimum absolute atomic E-state index is 0.594. The highest BCUT2D eigenvalue weighted by Crippen LogP contribution is 2.10. The molecule has 25 heavy (non-hydrogen) atoms. The van der Waals surface area contributed by atoms with Crippen molar-refractivity contribution in [1.82, 2.24) is 0 Å². The van der Waals surface area contributed by atoms with Crippen LogP contribution in [0, 0.1) is 0 Å². The number of nitrogens with two attached hydrogens (primary N) is 3. The predicted octanol–water partition coefficient (Wildman–Crippen LogP) is 3.05. The Balaban J connectivity index is 0.000000382. The van der Waals surface area contributed by atoms with E-state index in [2.05, 4.69) is 10.1 Å². The Morgan fingerprint density at radius 1 is 0.840 bits per heavy atom. The van der Waals surface area contributed by atoms with E-state index >= 15 is 0 Å². The topological polar surface area (TPSA) is 109 Å². The van der Waals surface area contributed by atoms with Gasteiger partial charge in [0.15, 0.2) is 0 Å². The number of hydrogen-bond acceptors (Lipinski definition) is 6. The molecule has 0 heterocycles. The molecule has 140 valence electrons. The molecule has 7 N–H and O–H groups in total. The standard InChI is InChI=1S/C9H14N2O.C6H8N2.C3H7ClO/c1-12-6-5-11-9-4-2-3-8(10)7-9;7-5-2-1-3-6(8)4-5;1-5-3-2-4/h2-4,7,11H,5-6,10H2,1H3;1-4H,7-8H2;2-3H2,1H3. The highest BCUT2D eigenvalue weighted by Gasteiger charge is 1.90. The summed E-state index contributed by atoms with van der Waals surface area (Å²) in [5.74, 6) is 0.594. The number of methoxy groups -OCH3 is 2. The molecule has 0 aliphatic heterocycles. The summed E-state index contributed by atoms with van der Waals surface area (Å²) < 4.78 is 9.46. The van der Waals surface area contributed by atoms with Crippen LogP contribution < -0.4 is 22.5 Å². The largest absolute Gasteiger partial charge is 0.399 e. The summed E-state index contributed by atoms with van der Waals surface area (Å²) in [6.07, 6.45) is 0. The zero-order valence-corrected chi connectivity index (χ0v) is 15.6. The number of halogens is 1. The highest BCUT2D eigenvalue weighted by atomic mass is 35.5. The first-order valence-electron chi connectivity index (χ1n) is 7.77. The molecule has 0 fully saturated rings. The van der Waals surface area contributed by atoms with Crippen molar-refractivity contribution in [1.29, 1.82) is 0 Å². The number of anilines is 4. The third kappa shape index (κ3) is 13.9. The molecule has 0 aliphatic rings. The number of ether oxygens (including phenoxy) is 2. The van der Waals surface area contributed by atoms with Crippen LogP contribution >= 0.6 is 11.6 Å². The molecule has 2 rings (SSSR count). The second kappa shape index (κ2) is 15.4. The quantitative estimate of drug-likeness (QED) is 0.354. The van der Waals surface area contributed by atoms with Crippen LogP contribution in [0.3, 0.4) is 0 Å². The second-order valence-corrected chi connectivity index (χ2v) is 5.27. The van der Waals surface area contributed by atoms with Gasteiger partial charge < -0.3 is 32.0 Å². The van der Waals surface area contributed by atoms with Gasteiger partial charge in [-0.2, -0.15) is 0 Å². The van der Waals surface area contributed by atoms with Gasteiger partial charge in [-0.3, -0.25) is 0 Å². The lowest BCUT2D eigenvalue weighted by Crippen LogP contribution is -2.07. The summed E-state index contributed by atoms with van der Waals surface area (Å²) in [5.41, 5.74) is 19.6. The fourth-order valence-corrected chi connectivity index (χ4v) is 1.74. The van der Waals surface area contributed by atoms with Crippen LogP contribution in [-0.2, 0) is 9.47 Å². The van der Waals surface area contributed by atoms with Gasteiger partial charge in [-0.15, -0.1) is 11.6 Å². The van der Waals surface area contributed by atoms with Crippen LogP contribution in [0.25, 0.3) is 0 Å². The van der Waals surface area contributed by atoms with Gasteiger partial charge >= 0.3 is 0 Å². The monoisotopic (exact) mass is 368 g/mol. The first-order valence-corrected chi connectivity index (χ1v) is 8.31. The molecule has 0 spiro atoms. The Morgan fingerprint density at radius 3 is 1.72 bits per heavy atom. The van der Waals surface area contributed by atoms with Crippen molar-refractivity contribution in [3.8, 4) is 0 Å². The zero-order valence-electron chi connectivity index (χ0n) is 14.9. The Hall–Kier alpha value is -2.15. The molecule has 0 bridgehead atoms. The van der Waals surface area contributed by atoms with Crippen molar-refractivity contribution in [2.75, 3.05) is 62.4 Å². The predicted molar refractivity (Wildman–Crippen MR) is 109 cm³/mol. The Labute approximate surface area is 155 Å². The number of nitrogens with one attached hydrogen (secondary N) is 1. The Morgan fingerprint density at radius 2 is 1.36 bits per heavy atom. The van der Waals surface area contributed by atoms with Crippen molar-refractivity contribution < 1.29 is 9.47 Å². The van der Waals surface area contributed by atoms with E-state index in [-0.39, 0.29) is 0 Å². The Bertz CT molecular complexity index is 551. The average molecular weight is 369 g/mol. The maximum atomic E-state index is 5.59. The molecule has 0 unspecified atom stereocenters. The smallest absolute Gasteiger partial charge is 0.0635 e. The van der Waals surface area contributed by atoms with Gasteiger partial charge in [0.1, 0.15) is 0 Å². The lowest BCUT2D eigenvalue weighted by Gasteiger charge is -2.05. The van der Waals surface area contributed by atoms with Gasteiger partial charge in [0.2, 0.25) is 0 Å². The SMILES string of the molecule is COCCCl.COCCNc1cccc(N)c1.Nc1cccc(N)c1. The molecular formula is C18H29ClN4O2. The fraction of sp³-hybridized carbons (Fsp3) is 0.333. The first kappa shape index (κ1) is 22.9. The van der Waals surface area contributed by atoms with Gasteiger partial charge in [0.25, 0.3) is 0 Å². The second-order valence-electron chi connectivity index (χ2n) is 4.90. The molecule has 0 aliphatic carbocycles. The van der Waals surface area contributed by atoms with E-state index in [4.69, 9.17) is 33.5 Å². The molecule has 0 saturated heterocycles. The molecule has 0 atom stereocenters. The summed E-state index contributed by atoms with van der Waals surface area (Å²) in [6.45, 7) is 2.16. The third-order valence-corrected chi connectivity index (χ3v) is 2.87. The van der Waals surface area contributed by atoms with Crippen LogP contribution in [-0.4, -0.2) is 39.9 Å². The molecule has 0 amide bonds. The maximum absolute atomic E-state index is 5.59. The fourth-order valence-electron chi connectivity index (χ4n) is 1.58. The van der Waals surface area contributed by atoms with Gasteiger partial charge in [-0.25, -0.2) is 0 Å². The summed E-state index contributed by atoms with van der Waals surface area (Å²) in [7, 11) is 3.31. The summed E-state index contributed by atoms with van der Waals surface area (Å²) >= 11 is 5.18. The van der Waals surface area contributed by atoms with Gasteiger partial charge in [-0.1, -0.05) is 12.1 Å². The molecule has 7 heteroatoms. The van der Waals surface area contributed by atoms with Crippen molar-refractivity contribution >= 4 is 34.4 Å². The van der Waals surface area contributed by atoms with Crippen molar-refractivity contribution in [2.45, 2.75) is 0 Å². The van der Waals surface area contributed by atoms with E-state index in [0.29, 0.717) is 30.5 Å². The number of benzene rings is 2. The number of alkyl halides is 1. The van der Waals surface area contributed by atoms with Crippen LogP contribution in [0.1, 0.15) is 0 Å². The van der Waals surface area contributed by atoms with E-state index in [1.54, 1.807) is 32.4 Å². The lowest BCUT2D eigenvalue weighted by atomic mass is 10.3. The number of hydrogen-bond donors (Lipinski definition) is 4. The molecule has 6 nitrogen and oxygen atoms in total. The van der Waals surface area contributed by atoms with E-state index in [9.17, 15) is 0 Å². The Kier molecular flexibility index (Phi) is 14.1. The average Bonchev–Trinajstić information content (AvgIpc) is 2.57. The molecule has 0 radical (unpaired) electrons. The molecular weight excluding hydrogens is 340 g/mol. The number of nitrogen functional groups attached to an aromatic ring is 3. The normalized spacial score (nSPS) is 9.24. The van der Waals surface area contributed by atoms with Gasteiger partial charge in [0.05, 0.1) is 13.2 Å². The summed E-state index contributed by atoms with van der Waals surface area (Å²) in [5, 5.41) is 3.18. The van der Waals surface area contributed by atoms with E-state index in [0.717, 1.165) is 17.9 Å². The van der Waals surface area contributed by atoms with E-state index in [1.807, 2.05) is 30.3 Å². The third-order valence-electron chi connectivity index (χ3n) is 2.71. The van der Waals surface area contributed by atoms with Crippen LogP contribution in [0.5, 0.6) is 0 Å². The first-order chi connectivity index (χ1) is 12.0. The summed E-state index contributed by atoms with van der Waals surface area (Å²) in [6, 6.07) is 14.8. The molecule has 0 saturated carbocycles. The van der Waals surface area contributed by atoms with Gasteiger partial charge in [0, 0.05) is 49.4 Å². The maximum Gasteiger partial charge on any atom is 0.0635 e. The zero-order chi connectivity index (χ0) is 18.9. The van der Waals surface area contributed by atoms with Crippen LogP contribution in [0.15, 0.2) is 48.5 Å². The van der Waals surface area contributed by atoms with Gasteiger partial charge in [-0.05, 0) is 36.4 Å². The molecule has 2 aromatic carbocycles. The lowest BCUT2D eigenvalue weighted by molar-refractivity contribution is 0.211. The molecule has 0 aromatic heterocycles. The minimum atomic E-state index is 0.594. The van der Waals surface area contributed by atoms with E-state index in [1.165, 1.54) is 0 Å². The minimum Gasteiger partial charge on any atom is -0.399 e. The summed E-state index contributed by atoms with van der Waals surface area (Å²) in [4.78, 5) is 0. The van der Waals surface area contributed by atoms with Crippen LogP contribution in [0.2, 0.25) is 0 Å². The van der Waals surface area contributed by atoms with Crippen molar-refractivity contribution in [3.63, 3.8) is 0 Å².